The Hall–Kier alpha value is -4.10. The number of amides is 5. The summed E-state index contributed by atoms with van der Waals surface area (Å²) in [6, 6.07) is 12.9. The fourth-order valence-corrected chi connectivity index (χ4v) is 4.29. The molecule has 0 bridgehead atoms. The first-order valence-corrected chi connectivity index (χ1v) is 14.4. The fraction of sp³-hybridized carbons (Fsp3) is 0.393. The van der Waals surface area contributed by atoms with E-state index in [-0.39, 0.29) is 18.7 Å². The van der Waals surface area contributed by atoms with E-state index in [2.05, 4.69) is 26.6 Å². The van der Waals surface area contributed by atoms with Crippen molar-refractivity contribution in [2.75, 3.05) is 32.1 Å². The van der Waals surface area contributed by atoms with Gasteiger partial charge in [-0.05, 0) is 55.2 Å². The van der Waals surface area contributed by atoms with Gasteiger partial charge in [-0.1, -0.05) is 42.5 Å². The molecular weight excluding hydrogens is 548 g/mol. The molecule has 2 aromatic rings. The first-order chi connectivity index (χ1) is 19.6. The van der Waals surface area contributed by atoms with Gasteiger partial charge >= 0.3 is 0 Å². The number of likely N-dealkylation sites (N-methyl/N-ethyl adjacent to an activating group) is 1. The molecule has 0 spiro atoms. The van der Waals surface area contributed by atoms with Crippen LogP contribution in [0.4, 0.5) is 0 Å². The van der Waals surface area contributed by atoms with Crippen LogP contribution in [0, 0.1) is 0 Å². The molecule has 2 rings (SSSR count). The minimum absolute atomic E-state index is 0.118. The summed E-state index contributed by atoms with van der Waals surface area (Å²) >= 11 is 1.51. The van der Waals surface area contributed by atoms with Gasteiger partial charge in [0.1, 0.15) is 17.8 Å². The van der Waals surface area contributed by atoms with Crippen LogP contribution in [0.1, 0.15) is 17.5 Å². The molecule has 12 nitrogen and oxygen atoms in total. The first-order valence-electron chi connectivity index (χ1n) is 13.0. The fourth-order valence-electron chi connectivity index (χ4n) is 3.82. The standard InChI is InChI=1S/C28H38N6O6S/c1-30-22(14-19-8-10-20(35)11-9-19)27(39)32-16-24(36)31-17-25(37)33-23(15-18-6-4-3-5-7-18)28(40)34-21(26(29)38)12-13-41-2/h3-11,21-23,30,35H,12-17H2,1-2H3,(H2,29,38)(H,31,36)(H,32,39)(H,33,37)(H,34,40)/t21-,22-,23-/m0/s1. The highest BCUT2D eigenvalue weighted by atomic mass is 32.2. The van der Waals surface area contributed by atoms with Crippen LogP contribution in [0.15, 0.2) is 54.6 Å². The van der Waals surface area contributed by atoms with E-state index in [1.165, 1.54) is 23.9 Å². The summed E-state index contributed by atoms with van der Waals surface area (Å²) in [6.07, 6.45) is 2.71. The zero-order valence-corrected chi connectivity index (χ0v) is 24.0. The monoisotopic (exact) mass is 586 g/mol. The molecule has 8 N–H and O–H groups in total. The topological polar surface area (TPSA) is 192 Å². The second-order valence-electron chi connectivity index (χ2n) is 9.26. The lowest BCUT2D eigenvalue weighted by Gasteiger charge is -2.22. The van der Waals surface area contributed by atoms with Crippen molar-refractivity contribution in [3.8, 4) is 5.75 Å². The van der Waals surface area contributed by atoms with Crippen LogP contribution >= 0.6 is 11.8 Å². The van der Waals surface area contributed by atoms with E-state index in [0.29, 0.717) is 18.6 Å². The highest BCUT2D eigenvalue weighted by Crippen LogP contribution is 2.11. The molecule has 0 aliphatic rings. The largest absolute Gasteiger partial charge is 0.508 e. The summed E-state index contributed by atoms with van der Waals surface area (Å²) in [5.41, 5.74) is 7.04. The summed E-state index contributed by atoms with van der Waals surface area (Å²) in [6.45, 7) is -0.786. The molecule has 0 aliphatic heterocycles. The van der Waals surface area contributed by atoms with Crippen LogP contribution in [-0.4, -0.2) is 84.9 Å². The third kappa shape index (κ3) is 12.3. The SMILES string of the molecule is CN[C@@H](Cc1ccc(O)cc1)C(=O)NCC(=O)NCC(=O)N[C@@H](Cc1ccccc1)C(=O)N[C@@H](CCSC)C(N)=O. The highest BCUT2D eigenvalue weighted by molar-refractivity contribution is 7.98. The van der Waals surface area contributed by atoms with Gasteiger partial charge in [-0.25, -0.2) is 0 Å². The lowest BCUT2D eigenvalue weighted by atomic mass is 10.0. The Morgan fingerprint density at radius 3 is 2.00 bits per heavy atom. The first kappa shape index (κ1) is 33.1. The van der Waals surface area contributed by atoms with Crippen LogP contribution < -0.4 is 32.3 Å². The molecule has 0 saturated carbocycles. The van der Waals surface area contributed by atoms with Crippen LogP contribution in [0.25, 0.3) is 0 Å². The minimum atomic E-state index is -1.02. The second kappa shape index (κ2) is 17.6. The Bertz CT molecular complexity index is 1160. The quantitative estimate of drug-likeness (QED) is 0.125. The molecule has 0 fully saturated rings. The number of thioether (sulfide) groups is 1. The van der Waals surface area contributed by atoms with Gasteiger partial charge in [-0.2, -0.15) is 11.8 Å². The van der Waals surface area contributed by atoms with Gasteiger partial charge in [-0.3, -0.25) is 24.0 Å². The Balaban J connectivity index is 1.90. The number of phenolic OH excluding ortho intramolecular Hbond substituents is 1. The van der Waals surface area contributed by atoms with E-state index in [9.17, 15) is 29.1 Å². The number of rotatable bonds is 17. The van der Waals surface area contributed by atoms with Gasteiger partial charge in [0, 0.05) is 6.42 Å². The molecule has 0 aliphatic carbocycles. The van der Waals surface area contributed by atoms with E-state index >= 15 is 0 Å². The van der Waals surface area contributed by atoms with E-state index in [4.69, 9.17) is 5.73 Å². The molecule has 5 amide bonds. The number of carbonyl (C=O) groups is 5. The number of hydrogen-bond donors (Lipinski definition) is 7. The maximum absolute atomic E-state index is 13.0. The van der Waals surface area contributed by atoms with Gasteiger partial charge in [0.2, 0.25) is 29.5 Å². The zero-order valence-electron chi connectivity index (χ0n) is 23.1. The van der Waals surface area contributed by atoms with Gasteiger partial charge in [-0.15, -0.1) is 0 Å². The van der Waals surface area contributed by atoms with Crippen molar-refractivity contribution in [3.05, 3.63) is 65.7 Å². The number of hydrogen-bond acceptors (Lipinski definition) is 8. The number of aromatic hydroxyl groups is 1. The van der Waals surface area contributed by atoms with Gasteiger partial charge in [0.25, 0.3) is 0 Å². The summed E-state index contributed by atoms with van der Waals surface area (Å²) in [7, 11) is 1.62. The normalized spacial score (nSPS) is 12.8. The molecule has 0 heterocycles. The van der Waals surface area contributed by atoms with Gasteiger partial charge in [0.05, 0.1) is 19.1 Å². The van der Waals surface area contributed by atoms with Crippen LogP contribution in [0.3, 0.4) is 0 Å². The molecule has 13 heteroatoms. The van der Waals surface area contributed by atoms with Crippen molar-refractivity contribution in [1.29, 1.82) is 0 Å². The molecule has 0 radical (unpaired) electrons. The van der Waals surface area contributed by atoms with Crippen molar-refractivity contribution in [2.24, 2.45) is 5.73 Å². The summed E-state index contributed by atoms with van der Waals surface area (Å²) < 4.78 is 0. The summed E-state index contributed by atoms with van der Waals surface area (Å²) in [5.74, 6) is -2.15. The average Bonchev–Trinajstić information content (AvgIpc) is 2.96. The molecule has 2 aromatic carbocycles. The molecule has 0 unspecified atom stereocenters. The van der Waals surface area contributed by atoms with Crippen molar-refractivity contribution in [3.63, 3.8) is 0 Å². The number of primary amides is 1. The van der Waals surface area contributed by atoms with Crippen molar-refractivity contribution in [2.45, 2.75) is 37.4 Å². The van der Waals surface area contributed by atoms with E-state index in [0.717, 1.165) is 11.1 Å². The number of nitrogens with one attached hydrogen (secondary N) is 5. The number of nitrogens with two attached hydrogens (primary N) is 1. The lowest BCUT2D eigenvalue weighted by Crippen LogP contribution is -2.55. The van der Waals surface area contributed by atoms with Crippen LogP contribution in [0.5, 0.6) is 5.75 Å². The lowest BCUT2D eigenvalue weighted by molar-refractivity contribution is -0.132. The number of benzene rings is 2. The third-order valence-electron chi connectivity index (χ3n) is 6.12. The molecule has 0 aromatic heterocycles. The Morgan fingerprint density at radius 2 is 1.39 bits per heavy atom. The molecule has 41 heavy (non-hydrogen) atoms. The number of carbonyl (C=O) groups excluding carboxylic acids is 5. The Labute approximate surface area is 243 Å². The zero-order chi connectivity index (χ0) is 30.2. The van der Waals surface area contributed by atoms with Crippen molar-refractivity contribution >= 4 is 41.3 Å². The summed E-state index contributed by atoms with van der Waals surface area (Å²) in [5, 5.41) is 22.5. The molecule has 0 saturated heterocycles. The predicted octanol–water partition coefficient (Wildman–Crippen LogP) is -0.794. The Kier molecular flexibility index (Phi) is 14.2. The van der Waals surface area contributed by atoms with E-state index in [1.54, 1.807) is 43.4 Å². The highest BCUT2D eigenvalue weighted by Gasteiger charge is 2.26. The van der Waals surface area contributed by atoms with Crippen LogP contribution in [0.2, 0.25) is 0 Å². The molecule has 222 valence electrons. The predicted molar refractivity (Wildman–Crippen MR) is 157 cm³/mol. The number of phenols is 1. The Morgan fingerprint density at radius 1 is 0.780 bits per heavy atom. The maximum atomic E-state index is 13.0. The van der Waals surface area contributed by atoms with Crippen molar-refractivity contribution < 1.29 is 29.1 Å². The third-order valence-corrected chi connectivity index (χ3v) is 6.76. The van der Waals surface area contributed by atoms with E-state index < -0.39 is 54.2 Å². The van der Waals surface area contributed by atoms with E-state index in [1.807, 2.05) is 12.3 Å². The van der Waals surface area contributed by atoms with Crippen LogP contribution in [-0.2, 0) is 36.8 Å². The minimum Gasteiger partial charge on any atom is -0.508 e. The average molecular weight is 587 g/mol. The van der Waals surface area contributed by atoms with Crippen molar-refractivity contribution in [1.82, 2.24) is 26.6 Å². The molecular formula is C28H38N6O6S. The summed E-state index contributed by atoms with van der Waals surface area (Å²) in [4.78, 5) is 62.3. The molecule has 3 atom stereocenters. The van der Waals surface area contributed by atoms with Gasteiger partial charge < -0.3 is 37.4 Å². The second-order valence-corrected chi connectivity index (χ2v) is 10.2. The maximum Gasteiger partial charge on any atom is 0.243 e. The smallest absolute Gasteiger partial charge is 0.243 e. The van der Waals surface area contributed by atoms with Gasteiger partial charge in [0.15, 0.2) is 0 Å².